The third-order valence-electron chi connectivity index (χ3n) is 6.82. The predicted molar refractivity (Wildman–Crippen MR) is 129 cm³/mol. The van der Waals surface area contributed by atoms with Crippen LogP contribution in [-0.2, 0) is 14.4 Å². The molecule has 1 aromatic carbocycles. The Hall–Kier alpha value is -3.63. The van der Waals surface area contributed by atoms with Crippen molar-refractivity contribution in [2.45, 2.75) is 63.6 Å². The van der Waals surface area contributed by atoms with E-state index in [1.165, 1.54) is 25.3 Å². The molecular weight excluding hydrogens is 469 g/mol. The number of aromatic nitrogens is 1. The Morgan fingerprint density at radius 2 is 1.92 bits per heavy atom. The highest BCUT2D eigenvalue weighted by Gasteiger charge is 2.40. The van der Waals surface area contributed by atoms with E-state index in [0.717, 1.165) is 12.8 Å². The number of H-pyrrole nitrogens is 1. The first-order valence-corrected chi connectivity index (χ1v) is 12.0. The molecule has 1 aliphatic carbocycles. The fourth-order valence-electron chi connectivity index (χ4n) is 4.80. The Morgan fingerprint density at radius 1 is 1.19 bits per heavy atom. The van der Waals surface area contributed by atoms with Crippen LogP contribution in [0.3, 0.4) is 0 Å². The second-order valence-electron chi connectivity index (χ2n) is 10.4. The molecule has 2 fully saturated rings. The number of rotatable bonds is 10. The summed E-state index contributed by atoms with van der Waals surface area (Å²) in [7, 11) is 1.45. The summed E-state index contributed by atoms with van der Waals surface area (Å²) in [6.07, 6.45) is 2.84. The summed E-state index contributed by atoms with van der Waals surface area (Å²) in [5.41, 5.74) is 5.32. The number of halogens is 1. The third kappa shape index (κ3) is 5.60. The van der Waals surface area contributed by atoms with E-state index in [4.69, 9.17) is 10.5 Å². The number of hydrogen-bond donors (Lipinski definition) is 5. The molecule has 3 atom stereocenters. The van der Waals surface area contributed by atoms with Gasteiger partial charge in [-0.05, 0) is 57.2 Å². The maximum atomic E-state index is 14.3. The lowest BCUT2D eigenvalue weighted by Crippen LogP contribution is -2.53. The maximum absolute atomic E-state index is 14.3. The fourth-order valence-corrected chi connectivity index (χ4v) is 4.80. The molecule has 1 aliphatic heterocycles. The molecule has 36 heavy (non-hydrogen) atoms. The largest absolute Gasteiger partial charge is 0.496 e. The lowest BCUT2D eigenvalue weighted by atomic mass is 9.91. The van der Waals surface area contributed by atoms with Crippen LogP contribution < -0.4 is 26.4 Å². The quantitative estimate of drug-likeness (QED) is 0.334. The summed E-state index contributed by atoms with van der Waals surface area (Å²) in [6, 6.07) is 2.17. The van der Waals surface area contributed by atoms with Crippen molar-refractivity contribution in [2.75, 3.05) is 7.11 Å². The summed E-state index contributed by atoms with van der Waals surface area (Å²) in [5.74, 6) is -2.43. The summed E-state index contributed by atoms with van der Waals surface area (Å²) in [4.78, 5) is 53.4. The number of carbonyl (C=O) groups is 4. The van der Waals surface area contributed by atoms with Crippen LogP contribution in [0.1, 0.15) is 56.4 Å². The number of ether oxygens (including phenoxy) is 1. The number of hydrogen-bond acceptors (Lipinski definition) is 5. The zero-order valence-corrected chi connectivity index (χ0v) is 20.6. The number of carbonyl (C=O) groups excluding carboxylic acids is 4. The van der Waals surface area contributed by atoms with E-state index in [1.54, 1.807) is 0 Å². The monoisotopic (exact) mass is 501 g/mol. The first-order chi connectivity index (χ1) is 17.0. The van der Waals surface area contributed by atoms with E-state index >= 15 is 0 Å². The molecule has 2 aliphatic rings. The van der Waals surface area contributed by atoms with E-state index in [1.807, 2.05) is 13.8 Å². The van der Waals surface area contributed by atoms with Crippen molar-refractivity contribution >= 4 is 34.5 Å². The molecule has 2 aromatic rings. The highest BCUT2D eigenvalue weighted by molar-refractivity contribution is 6.02. The molecule has 0 spiro atoms. The average Bonchev–Trinajstić information content (AvgIpc) is 3.42. The van der Waals surface area contributed by atoms with Crippen LogP contribution in [-0.4, -0.2) is 53.3 Å². The second-order valence-corrected chi connectivity index (χ2v) is 10.4. The van der Waals surface area contributed by atoms with Gasteiger partial charge < -0.3 is 31.4 Å². The summed E-state index contributed by atoms with van der Waals surface area (Å²) < 4.78 is 19.5. The molecule has 0 radical (unpaired) electrons. The molecule has 1 aromatic heterocycles. The van der Waals surface area contributed by atoms with E-state index in [9.17, 15) is 23.6 Å². The lowest BCUT2D eigenvalue weighted by Gasteiger charge is -2.23. The maximum Gasteiger partial charge on any atom is 0.268 e. The number of nitrogens with one attached hydrogen (secondary N) is 4. The molecule has 6 N–H and O–H groups in total. The van der Waals surface area contributed by atoms with Crippen LogP contribution in [0.25, 0.3) is 10.9 Å². The zero-order valence-electron chi connectivity index (χ0n) is 20.6. The minimum atomic E-state index is -1.06. The Labute approximate surface area is 207 Å². The molecule has 0 unspecified atom stereocenters. The van der Waals surface area contributed by atoms with Gasteiger partial charge in [-0.1, -0.05) is 12.8 Å². The second kappa shape index (κ2) is 9.79. The summed E-state index contributed by atoms with van der Waals surface area (Å²) in [5, 5.41) is 8.61. The number of methoxy groups -OCH3 is 1. The van der Waals surface area contributed by atoms with Gasteiger partial charge in [-0.3, -0.25) is 19.2 Å². The molecule has 0 bridgehead atoms. The first kappa shape index (κ1) is 25.5. The van der Waals surface area contributed by atoms with Crippen molar-refractivity contribution in [3.63, 3.8) is 0 Å². The van der Waals surface area contributed by atoms with Gasteiger partial charge in [0.25, 0.3) is 5.91 Å². The van der Waals surface area contributed by atoms with Crippen molar-refractivity contribution < 1.29 is 28.3 Å². The molecule has 2 heterocycles. The third-order valence-corrected chi connectivity index (χ3v) is 6.82. The number of benzene rings is 1. The van der Waals surface area contributed by atoms with Crippen molar-refractivity contribution in [1.82, 2.24) is 20.9 Å². The van der Waals surface area contributed by atoms with Gasteiger partial charge in [-0.15, -0.1) is 0 Å². The lowest BCUT2D eigenvalue weighted by molar-refractivity contribution is -0.130. The van der Waals surface area contributed by atoms with Gasteiger partial charge in [0.15, 0.2) is 0 Å². The molecule has 1 saturated carbocycles. The van der Waals surface area contributed by atoms with Gasteiger partial charge in [0, 0.05) is 16.8 Å². The summed E-state index contributed by atoms with van der Waals surface area (Å²) >= 11 is 0. The SMILES string of the molecule is COc1ccc(F)c2[nH]c(C(=O)N[C@@H](CC3CC3)C(=O)N[C@@H](C[C@@H]3CC(C)(C)NC3=O)C(N)=O)cc12. The molecule has 1 saturated heterocycles. The van der Waals surface area contributed by atoms with Crippen LogP contribution in [0.4, 0.5) is 4.39 Å². The molecule has 4 rings (SSSR count). The van der Waals surface area contributed by atoms with Crippen LogP contribution in [0, 0.1) is 17.7 Å². The smallest absolute Gasteiger partial charge is 0.268 e. The molecule has 194 valence electrons. The van der Waals surface area contributed by atoms with E-state index in [-0.39, 0.29) is 29.5 Å². The van der Waals surface area contributed by atoms with E-state index in [0.29, 0.717) is 24.0 Å². The van der Waals surface area contributed by atoms with Gasteiger partial charge in [0.05, 0.1) is 12.6 Å². The Morgan fingerprint density at radius 3 is 2.50 bits per heavy atom. The van der Waals surface area contributed by atoms with Gasteiger partial charge in [0.2, 0.25) is 17.7 Å². The number of primary amides is 1. The van der Waals surface area contributed by atoms with Crippen LogP contribution in [0.15, 0.2) is 18.2 Å². The van der Waals surface area contributed by atoms with E-state index in [2.05, 4.69) is 20.9 Å². The number of nitrogens with two attached hydrogens (primary N) is 1. The first-order valence-electron chi connectivity index (χ1n) is 12.0. The predicted octanol–water partition coefficient (Wildman–Crippen LogP) is 1.49. The van der Waals surface area contributed by atoms with E-state index < -0.39 is 47.1 Å². The number of fused-ring (bicyclic) bond motifs is 1. The Bertz CT molecular complexity index is 1200. The van der Waals surface area contributed by atoms with Gasteiger partial charge in [-0.2, -0.15) is 0 Å². The normalized spacial score (nSPS) is 20.4. The highest BCUT2D eigenvalue weighted by atomic mass is 19.1. The van der Waals surface area contributed by atoms with Crippen molar-refractivity contribution in [3.05, 3.63) is 29.7 Å². The fraction of sp³-hybridized carbons (Fsp3) is 0.520. The summed E-state index contributed by atoms with van der Waals surface area (Å²) in [6.45, 7) is 3.77. The minimum absolute atomic E-state index is 0.0679. The molecule has 4 amide bonds. The van der Waals surface area contributed by atoms with Gasteiger partial charge in [0.1, 0.15) is 29.3 Å². The average molecular weight is 502 g/mol. The van der Waals surface area contributed by atoms with Gasteiger partial charge >= 0.3 is 0 Å². The highest BCUT2D eigenvalue weighted by Crippen LogP contribution is 2.34. The topological polar surface area (TPSA) is 155 Å². The minimum Gasteiger partial charge on any atom is -0.496 e. The molecular formula is C25H32FN5O5. The number of aromatic amines is 1. The van der Waals surface area contributed by atoms with Crippen LogP contribution >= 0.6 is 0 Å². The van der Waals surface area contributed by atoms with Crippen molar-refractivity contribution in [1.29, 1.82) is 0 Å². The van der Waals surface area contributed by atoms with Crippen molar-refractivity contribution in [3.8, 4) is 5.75 Å². The molecule has 11 heteroatoms. The van der Waals surface area contributed by atoms with Gasteiger partial charge in [-0.25, -0.2) is 4.39 Å². The Balaban J connectivity index is 1.48. The van der Waals surface area contributed by atoms with Crippen molar-refractivity contribution in [2.24, 2.45) is 17.6 Å². The standard InChI is InChI=1S/C25H32FN5O5/c1-25(2)11-13(22(33)31-25)9-16(21(27)32)29-23(34)17(8-12-4-5-12)30-24(35)18-10-14-19(36-3)7-6-15(26)20(14)28-18/h6-7,10,12-13,16-17,28H,4-5,8-9,11H2,1-3H3,(H2,27,32)(H,29,34)(H,30,35)(H,31,33)/t13-,16+,17+/m1/s1. The number of amides is 4. The van der Waals surface area contributed by atoms with Crippen LogP contribution in [0.2, 0.25) is 0 Å². The molecule has 10 nitrogen and oxygen atoms in total. The Kier molecular flexibility index (Phi) is 6.92. The van der Waals surface area contributed by atoms with Crippen LogP contribution in [0.5, 0.6) is 5.75 Å². The zero-order chi connectivity index (χ0) is 26.2.